The quantitative estimate of drug-likeness (QED) is 0.719. The molecule has 1 saturated heterocycles. The molecule has 0 saturated carbocycles. The predicted octanol–water partition coefficient (Wildman–Crippen LogP) is 2.21. The lowest BCUT2D eigenvalue weighted by Gasteiger charge is -2.30. The Labute approximate surface area is 147 Å². The van der Waals surface area contributed by atoms with Gasteiger partial charge in [0.1, 0.15) is 0 Å². The van der Waals surface area contributed by atoms with Crippen molar-refractivity contribution in [1.29, 1.82) is 0 Å². The van der Waals surface area contributed by atoms with Crippen LogP contribution < -0.4 is 5.32 Å². The second kappa shape index (κ2) is 10.5. The summed E-state index contributed by atoms with van der Waals surface area (Å²) in [6, 6.07) is 7.91. The van der Waals surface area contributed by atoms with Gasteiger partial charge in [-0.1, -0.05) is 25.1 Å². The molecule has 2 rings (SSSR count). The second-order valence-corrected chi connectivity index (χ2v) is 6.27. The molecule has 7 nitrogen and oxygen atoms in total. The van der Waals surface area contributed by atoms with Gasteiger partial charge in [0.05, 0.1) is 0 Å². The van der Waals surface area contributed by atoms with Crippen LogP contribution in [0, 0.1) is 12.8 Å². The molecule has 0 spiro atoms. The number of amides is 1. The molecule has 0 bridgehead atoms. The van der Waals surface area contributed by atoms with Crippen molar-refractivity contribution in [2.24, 2.45) is 5.92 Å². The van der Waals surface area contributed by atoms with Crippen LogP contribution in [0.5, 0.6) is 0 Å². The van der Waals surface area contributed by atoms with Gasteiger partial charge in [0, 0.05) is 25.2 Å². The van der Waals surface area contributed by atoms with E-state index in [2.05, 4.69) is 17.1 Å². The first-order valence-corrected chi connectivity index (χ1v) is 8.33. The molecule has 138 valence electrons. The third-order valence-electron chi connectivity index (χ3n) is 4.00. The fourth-order valence-corrected chi connectivity index (χ4v) is 2.68. The first-order valence-electron chi connectivity index (χ1n) is 8.33. The van der Waals surface area contributed by atoms with Gasteiger partial charge in [-0.3, -0.25) is 4.79 Å². The summed E-state index contributed by atoms with van der Waals surface area (Å²) in [5.41, 5.74) is 2.04. The predicted molar refractivity (Wildman–Crippen MR) is 94.5 cm³/mol. The van der Waals surface area contributed by atoms with Crippen LogP contribution in [0.15, 0.2) is 24.3 Å². The molecule has 1 atom stereocenters. The number of carboxylic acids is 2. The molecule has 0 radical (unpaired) electrons. The van der Waals surface area contributed by atoms with Crippen LogP contribution in [0.3, 0.4) is 0 Å². The summed E-state index contributed by atoms with van der Waals surface area (Å²) in [7, 11) is 0. The molecule has 1 aromatic carbocycles. The normalized spacial score (nSPS) is 17.1. The fourth-order valence-electron chi connectivity index (χ4n) is 2.68. The molecular formula is C18H26N2O5. The first kappa shape index (κ1) is 20.6. The molecule has 25 heavy (non-hydrogen) atoms. The molecule has 1 aromatic rings. The van der Waals surface area contributed by atoms with E-state index in [0.717, 1.165) is 36.8 Å². The zero-order chi connectivity index (χ0) is 18.8. The van der Waals surface area contributed by atoms with Gasteiger partial charge in [0.2, 0.25) is 5.91 Å². The zero-order valence-corrected chi connectivity index (χ0v) is 14.7. The number of carboxylic acid groups (broad SMARTS) is 2. The average Bonchev–Trinajstić information content (AvgIpc) is 2.56. The maximum atomic E-state index is 12.0. The molecule has 3 N–H and O–H groups in total. The van der Waals surface area contributed by atoms with Crippen LogP contribution in [0.2, 0.25) is 0 Å². The maximum Gasteiger partial charge on any atom is 0.414 e. The van der Waals surface area contributed by atoms with Crippen molar-refractivity contribution >= 4 is 23.5 Å². The van der Waals surface area contributed by atoms with E-state index in [1.807, 2.05) is 31.2 Å². The van der Waals surface area contributed by atoms with E-state index in [9.17, 15) is 4.79 Å². The Kier molecular flexibility index (Phi) is 8.63. The Morgan fingerprint density at radius 1 is 1.20 bits per heavy atom. The molecule has 1 aliphatic heterocycles. The van der Waals surface area contributed by atoms with Gasteiger partial charge in [-0.2, -0.15) is 0 Å². The standard InChI is InChI=1S/C16H24N2O.C2H2O4/c1-13-6-5-10-18(12-13)11-9-16(19)17-15-8-4-3-7-14(15)2;3-1(4)2(5)6/h3-4,7-8,13H,5-6,9-12H2,1-2H3,(H,17,19);(H,3,4)(H,5,6). The van der Waals surface area contributed by atoms with Crippen LogP contribution in [-0.4, -0.2) is 52.6 Å². The van der Waals surface area contributed by atoms with Crippen LogP contribution in [-0.2, 0) is 14.4 Å². The van der Waals surface area contributed by atoms with Gasteiger partial charge in [0.25, 0.3) is 0 Å². The second-order valence-electron chi connectivity index (χ2n) is 6.27. The third kappa shape index (κ3) is 8.30. The Morgan fingerprint density at radius 3 is 2.40 bits per heavy atom. The Morgan fingerprint density at radius 2 is 1.84 bits per heavy atom. The number of para-hydroxylation sites is 1. The minimum atomic E-state index is -1.82. The highest BCUT2D eigenvalue weighted by Crippen LogP contribution is 2.16. The number of aliphatic carboxylic acids is 2. The molecule has 7 heteroatoms. The summed E-state index contributed by atoms with van der Waals surface area (Å²) in [5, 5.41) is 17.8. The number of rotatable bonds is 4. The van der Waals surface area contributed by atoms with Crippen LogP contribution in [0.1, 0.15) is 31.7 Å². The van der Waals surface area contributed by atoms with E-state index < -0.39 is 11.9 Å². The zero-order valence-electron chi connectivity index (χ0n) is 14.7. The van der Waals surface area contributed by atoms with Crippen molar-refractivity contribution in [3.63, 3.8) is 0 Å². The van der Waals surface area contributed by atoms with Crippen LogP contribution in [0.4, 0.5) is 5.69 Å². The van der Waals surface area contributed by atoms with Gasteiger partial charge in [-0.25, -0.2) is 9.59 Å². The molecule has 0 aromatic heterocycles. The van der Waals surface area contributed by atoms with Crippen molar-refractivity contribution < 1.29 is 24.6 Å². The summed E-state index contributed by atoms with van der Waals surface area (Å²) < 4.78 is 0. The summed E-state index contributed by atoms with van der Waals surface area (Å²) in [6.45, 7) is 7.46. The topological polar surface area (TPSA) is 107 Å². The van der Waals surface area contributed by atoms with Gasteiger partial charge in [-0.05, 0) is 43.9 Å². The van der Waals surface area contributed by atoms with E-state index >= 15 is 0 Å². The number of piperidine rings is 1. The molecular weight excluding hydrogens is 324 g/mol. The fraction of sp³-hybridized carbons (Fsp3) is 0.500. The van der Waals surface area contributed by atoms with Crippen molar-refractivity contribution in [1.82, 2.24) is 4.90 Å². The molecule has 1 unspecified atom stereocenters. The first-order chi connectivity index (χ1) is 11.8. The molecule has 1 fully saturated rings. The van der Waals surface area contributed by atoms with Crippen molar-refractivity contribution in [2.45, 2.75) is 33.1 Å². The van der Waals surface area contributed by atoms with Gasteiger partial charge in [0.15, 0.2) is 0 Å². The molecule has 0 aliphatic carbocycles. The SMILES string of the molecule is Cc1ccccc1NC(=O)CCN1CCCC(C)C1.O=C(O)C(=O)O. The average molecular weight is 350 g/mol. The Hall–Kier alpha value is -2.41. The number of hydrogen-bond donors (Lipinski definition) is 3. The number of carbonyl (C=O) groups is 3. The third-order valence-corrected chi connectivity index (χ3v) is 4.00. The largest absolute Gasteiger partial charge is 0.473 e. The number of carbonyl (C=O) groups excluding carboxylic acids is 1. The van der Waals surface area contributed by atoms with Gasteiger partial charge < -0.3 is 20.4 Å². The monoisotopic (exact) mass is 350 g/mol. The highest BCUT2D eigenvalue weighted by Gasteiger charge is 2.16. The molecule has 1 amide bonds. The van der Waals surface area contributed by atoms with Crippen molar-refractivity contribution in [3.8, 4) is 0 Å². The summed E-state index contributed by atoms with van der Waals surface area (Å²) in [4.78, 5) is 32.6. The number of nitrogens with zero attached hydrogens (tertiary/aromatic N) is 1. The Balaban J connectivity index is 0.000000450. The van der Waals surface area contributed by atoms with Crippen molar-refractivity contribution in [2.75, 3.05) is 25.0 Å². The van der Waals surface area contributed by atoms with E-state index in [-0.39, 0.29) is 5.91 Å². The molecule has 1 aliphatic rings. The van der Waals surface area contributed by atoms with Gasteiger partial charge >= 0.3 is 11.9 Å². The number of benzene rings is 1. The number of anilines is 1. The smallest absolute Gasteiger partial charge is 0.414 e. The summed E-state index contributed by atoms with van der Waals surface area (Å²) in [5.74, 6) is -2.76. The van der Waals surface area contributed by atoms with E-state index in [4.69, 9.17) is 19.8 Å². The molecule has 1 heterocycles. The lowest BCUT2D eigenvalue weighted by molar-refractivity contribution is -0.159. The van der Waals surface area contributed by atoms with Crippen molar-refractivity contribution in [3.05, 3.63) is 29.8 Å². The minimum absolute atomic E-state index is 0.118. The van der Waals surface area contributed by atoms with Gasteiger partial charge in [-0.15, -0.1) is 0 Å². The minimum Gasteiger partial charge on any atom is -0.473 e. The number of hydrogen-bond acceptors (Lipinski definition) is 4. The highest BCUT2D eigenvalue weighted by atomic mass is 16.4. The number of likely N-dealkylation sites (tertiary alicyclic amines) is 1. The lowest BCUT2D eigenvalue weighted by Crippen LogP contribution is -2.36. The lowest BCUT2D eigenvalue weighted by atomic mass is 10.0. The summed E-state index contributed by atoms with van der Waals surface area (Å²) in [6.07, 6.45) is 3.17. The Bertz CT molecular complexity index is 591. The van der Waals surface area contributed by atoms with Crippen LogP contribution >= 0.6 is 0 Å². The van der Waals surface area contributed by atoms with E-state index in [1.165, 1.54) is 12.8 Å². The number of nitrogens with one attached hydrogen (secondary N) is 1. The van der Waals surface area contributed by atoms with E-state index in [1.54, 1.807) is 0 Å². The summed E-state index contributed by atoms with van der Waals surface area (Å²) >= 11 is 0. The highest BCUT2D eigenvalue weighted by molar-refractivity contribution is 6.27. The van der Waals surface area contributed by atoms with E-state index in [0.29, 0.717) is 6.42 Å². The maximum absolute atomic E-state index is 12.0. The number of aryl methyl sites for hydroxylation is 1. The van der Waals surface area contributed by atoms with Crippen LogP contribution in [0.25, 0.3) is 0 Å².